The van der Waals surface area contributed by atoms with Gasteiger partial charge in [-0.15, -0.1) is 0 Å². The van der Waals surface area contributed by atoms with E-state index in [9.17, 15) is 4.39 Å². The zero-order valence-corrected chi connectivity index (χ0v) is 13.7. The van der Waals surface area contributed by atoms with Gasteiger partial charge in [0.2, 0.25) is 0 Å². The van der Waals surface area contributed by atoms with Crippen molar-refractivity contribution in [2.75, 3.05) is 7.05 Å². The number of likely N-dealkylation sites (N-methyl/N-ethyl adjacent to an activating group) is 1. The van der Waals surface area contributed by atoms with Crippen LogP contribution in [0.25, 0.3) is 0 Å². The van der Waals surface area contributed by atoms with Crippen molar-refractivity contribution in [1.29, 1.82) is 0 Å². The van der Waals surface area contributed by atoms with E-state index in [2.05, 4.69) is 39.4 Å². The van der Waals surface area contributed by atoms with Gasteiger partial charge in [-0.05, 0) is 77.0 Å². The van der Waals surface area contributed by atoms with Gasteiger partial charge < -0.3 is 5.32 Å². The van der Waals surface area contributed by atoms with Crippen LogP contribution < -0.4 is 5.32 Å². The molecule has 2 aromatic carbocycles. The number of hydrogen-bond donors (Lipinski definition) is 1. The molecule has 0 saturated carbocycles. The predicted molar refractivity (Wildman–Crippen MR) is 88.1 cm³/mol. The van der Waals surface area contributed by atoms with Crippen LogP contribution in [0.3, 0.4) is 0 Å². The minimum Gasteiger partial charge on any atom is -0.313 e. The Balaban J connectivity index is 1.87. The van der Waals surface area contributed by atoms with E-state index < -0.39 is 0 Å². The Morgan fingerprint density at radius 3 is 2.81 bits per heavy atom. The number of aryl methyl sites for hydroxylation is 2. The molecule has 0 bridgehead atoms. The smallest absolute Gasteiger partial charge is 0.137 e. The van der Waals surface area contributed by atoms with Crippen LogP contribution in [-0.4, -0.2) is 7.05 Å². The first-order chi connectivity index (χ1) is 10.2. The fourth-order valence-corrected chi connectivity index (χ4v) is 3.55. The van der Waals surface area contributed by atoms with E-state index in [1.807, 2.05) is 13.1 Å². The summed E-state index contributed by atoms with van der Waals surface area (Å²) >= 11 is 3.36. The summed E-state index contributed by atoms with van der Waals surface area (Å²) in [6, 6.07) is 12.2. The normalized spacial score (nSPS) is 15.0. The minimum atomic E-state index is -0.198. The summed E-state index contributed by atoms with van der Waals surface area (Å²) in [6.45, 7) is 0. The summed E-state index contributed by atoms with van der Waals surface area (Å²) in [4.78, 5) is 0. The fourth-order valence-electron chi connectivity index (χ4n) is 3.12. The van der Waals surface area contributed by atoms with Gasteiger partial charge in [-0.2, -0.15) is 0 Å². The van der Waals surface area contributed by atoms with Crippen molar-refractivity contribution in [1.82, 2.24) is 5.32 Å². The molecule has 21 heavy (non-hydrogen) atoms. The van der Waals surface area contributed by atoms with Gasteiger partial charge >= 0.3 is 0 Å². The number of benzene rings is 2. The number of fused-ring (bicyclic) bond motifs is 1. The van der Waals surface area contributed by atoms with E-state index in [1.54, 1.807) is 6.07 Å². The van der Waals surface area contributed by atoms with E-state index in [4.69, 9.17) is 0 Å². The van der Waals surface area contributed by atoms with Crippen LogP contribution in [0.15, 0.2) is 40.9 Å². The Labute approximate surface area is 133 Å². The van der Waals surface area contributed by atoms with Crippen LogP contribution in [0.1, 0.15) is 34.7 Å². The molecular weight excluding hydrogens is 329 g/mol. The molecule has 1 aliphatic carbocycles. The van der Waals surface area contributed by atoms with Crippen molar-refractivity contribution >= 4 is 15.9 Å². The maximum Gasteiger partial charge on any atom is 0.137 e. The first-order valence-electron chi connectivity index (χ1n) is 7.41. The summed E-state index contributed by atoms with van der Waals surface area (Å²) in [5.74, 6) is -0.198. The minimum absolute atomic E-state index is 0.198. The fraction of sp³-hybridized carbons (Fsp3) is 0.333. The van der Waals surface area contributed by atoms with E-state index in [0.29, 0.717) is 4.47 Å². The van der Waals surface area contributed by atoms with Crippen LogP contribution in [-0.2, 0) is 19.3 Å². The SMILES string of the molecule is CNC(Cc1cccc(F)c1Br)c1ccc2c(c1)CCC2. The molecule has 2 aromatic rings. The number of halogens is 2. The van der Waals surface area contributed by atoms with Gasteiger partial charge in [-0.1, -0.05) is 30.3 Å². The number of nitrogens with one attached hydrogen (secondary N) is 1. The highest BCUT2D eigenvalue weighted by Crippen LogP contribution is 2.29. The second kappa shape index (κ2) is 6.29. The summed E-state index contributed by atoms with van der Waals surface area (Å²) in [5.41, 5.74) is 5.25. The summed E-state index contributed by atoms with van der Waals surface area (Å²) in [7, 11) is 1.96. The second-order valence-electron chi connectivity index (χ2n) is 5.64. The lowest BCUT2D eigenvalue weighted by molar-refractivity contribution is 0.580. The molecular formula is C18H19BrFN. The monoisotopic (exact) mass is 347 g/mol. The van der Waals surface area contributed by atoms with Crippen LogP contribution in [0.2, 0.25) is 0 Å². The van der Waals surface area contributed by atoms with E-state index in [0.717, 1.165) is 12.0 Å². The summed E-state index contributed by atoms with van der Waals surface area (Å²) < 4.78 is 14.2. The Bertz CT molecular complexity index is 654. The van der Waals surface area contributed by atoms with Crippen molar-refractivity contribution < 1.29 is 4.39 Å². The third kappa shape index (κ3) is 3.04. The van der Waals surface area contributed by atoms with Gasteiger partial charge in [0.1, 0.15) is 5.82 Å². The summed E-state index contributed by atoms with van der Waals surface area (Å²) in [6.07, 6.45) is 4.42. The molecule has 1 atom stereocenters. The van der Waals surface area contributed by atoms with Crippen LogP contribution in [0, 0.1) is 5.82 Å². The van der Waals surface area contributed by atoms with Crippen LogP contribution in [0.5, 0.6) is 0 Å². The predicted octanol–water partition coefficient (Wildman–Crippen LogP) is 4.58. The van der Waals surface area contributed by atoms with Gasteiger partial charge in [0.15, 0.2) is 0 Å². The lowest BCUT2D eigenvalue weighted by Gasteiger charge is -2.19. The number of hydrogen-bond acceptors (Lipinski definition) is 1. The molecule has 1 nitrogen and oxygen atoms in total. The molecule has 3 heteroatoms. The van der Waals surface area contributed by atoms with Crippen molar-refractivity contribution in [2.24, 2.45) is 0 Å². The molecule has 0 aliphatic heterocycles. The van der Waals surface area contributed by atoms with E-state index in [1.165, 1.54) is 42.0 Å². The van der Waals surface area contributed by atoms with Crippen LogP contribution in [0.4, 0.5) is 4.39 Å². The highest BCUT2D eigenvalue weighted by molar-refractivity contribution is 9.10. The highest BCUT2D eigenvalue weighted by atomic mass is 79.9. The Morgan fingerprint density at radius 2 is 2.00 bits per heavy atom. The van der Waals surface area contributed by atoms with E-state index >= 15 is 0 Å². The molecule has 0 fully saturated rings. The molecule has 0 spiro atoms. The quantitative estimate of drug-likeness (QED) is 0.853. The van der Waals surface area contributed by atoms with Crippen molar-refractivity contribution in [3.63, 3.8) is 0 Å². The average molecular weight is 348 g/mol. The van der Waals surface area contributed by atoms with Gasteiger partial charge in [0.25, 0.3) is 0 Å². The average Bonchev–Trinajstić information content (AvgIpc) is 2.96. The standard InChI is InChI=1S/C18H19BrFN/c1-21-17(11-15-6-3-7-16(20)18(15)19)14-9-8-12-4-2-5-13(12)10-14/h3,6-10,17,21H,2,4-5,11H2,1H3. The molecule has 0 heterocycles. The molecule has 1 unspecified atom stereocenters. The van der Waals surface area contributed by atoms with Gasteiger partial charge in [-0.25, -0.2) is 4.39 Å². The molecule has 0 amide bonds. The van der Waals surface area contributed by atoms with Crippen molar-refractivity contribution in [3.05, 3.63) is 68.9 Å². The molecule has 3 rings (SSSR count). The molecule has 1 N–H and O–H groups in total. The van der Waals surface area contributed by atoms with Gasteiger partial charge in [-0.3, -0.25) is 0 Å². The third-order valence-electron chi connectivity index (χ3n) is 4.33. The van der Waals surface area contributed by atoms with Gasteiger partial charge in [0.05, 0.1) is 4.47 Å². The Kier molecular flexibility index (Phi) is 4.41. The third-order valence-corrected chi connectivity index (χ3v) is 5.22. The summed E-state index contributed by atoms with van der Waals surface area (Å²) in [5, 5.41) is 3.36. The molecule has 0 aromatic heterocycles. The lowest BCUT2D eigenvalue weighted by Crippen LogP contribution is -2.19. The molecule has 1 aliphatic rings. The van der Waals surface area contributed by atoms with Gasteiger partial charge in [0, 0.05) is 6.04 Å². The largest absolute Gasteiger partial charge is 0.313 e. The van der Waals surface area contributed by atoms with Crippen molar-refractivity contribution in [3.8, 4) is 0 Å². The molecule has 110 valence electrons. The highest BCUT2D eigenvalue weighted by Gasteiger charge is 2.17. The topological polar surface area (TPSA) is 12.0 Å². The zero-order valence-electron chi connectivity index (χ0n) is 12.1. The Hall–Kier alpha value is -1.19. The molecule has 0 saturated heterocycles. The first kappa shape index (κ1) is 14.7. The zero-order chi connectivity index (χ0) is 14.8. The second-order valence-corrected chi connectivity index (χ2v) is 6.43. The Morgan fingerprint density at radius 1 is 1.19 bits per heavy atom. The van der Waals surface area contributed by atoms with E-state index in [-0.39, 0.29) is 11.9 Å². The first-order valence-corrected chi connectivity index (χ1v) is 8.20. The lowest BCUT2D eigenvalue weighted by atomic mass is 9.96. The number of rotatable bonds is 4. The molecule has 0 radical (unpaired) electrons. The van der Waals surface area contributed by atoms with Crippen LogP contribution >= 0.6 is 15.9 Å². The van der Waals surface area contributed by atoms with Crippen molar-refractivity contribution in [2.45, 2.75) is 31.7 Å². The maximum atomic E-state index is 13.6. The maximum absolute atomic E-state index is 13.6.